The number of benzene rings is 1. The first kappa shape index (κ1) is 16.6. The van der Waals surface area contributed by atoms with Crippen LogP contribution in [0.15, 0.2) is 24.3 Å². The van der Waals surface area contributed by atoms with E-state index in [1.54, 1.807) is 18.1 Å². The zero-order chi connectivity index (χ0) is 13.8. The zero-order valence-corrected chi connectivity index (χ0v) is 12.0. The molecule has 20 heavy (non-hydrogen) atoms. The highest BCUT2D eigenvalue weighted by Gasteiger charge is 2.34. The lowest BCUT2D eigenvalue weighted by Crippen LogP contribution is -2.60. The Bertz CT molecular complexity index is 452. The number of hydrogen-bond acceptors (Lipinski definition) is 5. The number of halogens is 1. The molecule has 7 heteroatoms. The van der Waals surface area contributed by atoms with Crippen molar-refractivity contribution in [2.24, 2.45) is 5.73 Å². The van der Waals surface area contributed by atoms with Crippen LogP contribution in [-0.2, 0) is 4.79 Å². The van der Waals surface area contributed by atoms with Gasteiger partial charge in [-0.15, -0.1) is 12.4 Å². The molecule has 0 aliphatic carbocycles. The van der Waals surface area contributed by atoms with Crippen LogP contribution >= 0.6 is 12.4 Å². The molecule has 112 valence electrons. The van der Waals surface area contributed by atoms with Gasteiger partial charge in [0.15, 0.2) is 0 Å². The molecule has 0 bridgehead atoms. The normalized spacial score (nSPS) is 15.8. The Labute approximate surface area is 123 Å². The minimum Gasteiger partial charge on any atom is -0.497 e. The summed E-state index contributed by atoms with van der Waals surface area (Å²) in [7, 11) is 1.60. The van der Waals surface area contributed by atoms with E-state index in [1.807, 2.05) is 18.2 Å². The monoisotopic (exact) mass is 302 g/mol. The van der Waals surface area contributed by atoms with Crippen molar-refractivity contribution in [1.29, 1.82) is 0 Å². The van der Waals surface area contributed by atoms with Gasteiger partial charge in [-0.1, -0.05) is 6.07 Å². The van der Waals surface area contributed by atoms with Crippen LogP contribution in [0.5, 0.6) is 11.5 Å². The van der Waals surface area contributed by atoms with Crippen molar-refractivity contribution in [2.75, 3.05) is 26.8 Å². The van der Waals surface area contributed by atoms with Crippen LogP contribution in [0.1, 0.15) is 0 Å². The Kier molecular flexibility index (Phi) is 6.06. The Morgan fingerprint density at radius 1 is 1.50 bits per heavy atom. The van der Waals surface area contributed by atoms with Crippen LogP contribution in [0.2, 0.25) is 0 Å². The molecule has 2 rings (SSSR count). The summed E-state index contributed by atoms with van der Waals surface area (Å²) in [6.07, 6.45) is -0.0399. The molecule has 1 atom stereocenters. The minimum absolute atomic E-state index is 0. The fraction of sp³-hybridized carbons (Fsp3) is 0.462. The molecule has 1 saturated heterocycles. The van der Waals surface area contributed by atoms with Crippen LogP contribution < -0.4 is 15.2 Å². The van der Waals surface area contributed by atoms with E-state index >= 15 is 0 Å². The maximum absolute atomic E-state index is 11.6. The molecule has 0 spiro atoms. The van der Waals surface area contributed by atoms with Crippen molar-refractivity contribution in [3.63, 3.8) is 0 Å². The number of rotatable bonds is 5. The van der Waals surface area contributed by atoms with Gasteiger partial charge in [-0.25, -0.2) is 0 Å². The summed E-state index contributed by atoms with van der Waals surface area (Å²) >= 11 is 0. The molecular formula is C13H19ClN2O4. The molecule has 1 fully saturated rings. The highest BCUT2D eigenvalue weighted by atomic mass is 35.5. The number of likely N-dealkylation sites (tertiary alicyclic amines) is 1. The molecule has 1 aliphatic rings. The number of methoxy groups -OCH3 is 1. The molecule has 3 N–H and O–H groups in total. The van der Waals surface area contributed by atoms with E-state index in [0.717, 1.165) is 5.75 Å². The number of aliphatic hydroxyl groups is 1. The lowest BCUT2D eigenvalue weighted by atomic mass is 10.1. The molecule has 1 aromatic rings. The SMILES string of the molecule is COc1cccc(OC2CN(C(=O)[C@@H](N)CO)C2)c1.Cl. The Morgan fingerprint density at radius 2 is 2.15 bits per heavy atom. The third-order valence-corrected chi connectivity index (χ3v) is 3.02. The maximum atomic E-state index is 11.6. The van der Waals surface area contributed by atoms with Crippen molar-refractivity contribution in [1.82, 2.24) is 4.90 Å². The fourth-order valence-corrected chi connectivity index (χ4v) is 1.87. The van der Waals surface area contributed by atoms with Crippen molar-refractivity contribution in [3.8, 4) is 11.5 Å². The lowest BCUT2D eigenvalue weighted by molar-refractivity contribution is -0.142. The van der Waals surface area contributed by atoms with Crippen molar-refractivity contribution >= 4 is 18.3 Å². The predicted octanol–water partition coefficient (Wildman–Crippen LogP) is 0.0262. The van der Waals surface area contributed by atoms with E-state index < -0.39 is 6.04 Å². The van der Waals surface area contributed by atoms with Crippen LogP contribution in [0.25, 0.3) is 0 Å². The highest BCUT2D eigenvalue weighted by Crippen LogP contribution is 2.22. The average molecular weight is 303 g/mol. The number of amides is 1. The second-order valence-corrected chi connectivity index (χ2v) is 4.45. The fourth-order valence-electron chi connectivity index (χ4n) is 1.87. The minimum atomic E-state index is -0.835. The predicted molar refractivity (Wildman–Crippen MR) is 76.3 cm³/mol. The summed E-state index contributed by atoms with van der Waals surface area (Å²) in [6.45, 7) is 0.643. The summed E-state index contributed by atoms with van der Waals surface area (Å²) in [5.41, 5.74) is 5.46. The molecule has 1 heterocycles. The van der Waals surface area contributed by atoms with E-state index in [-0.39, 0.29) is 31.0 Å². The molecule has 1 aliphatic heterocycles. The summed E-state index contributed by atoms with van der Waals surface area (Å²) in [5, 5.41) is 8.81. The third kappa shape index (κ3) is 3.75. The first-order valence-electron chi connectivity index (χ1n) is 6.10. The Morgan fingerprint density at radius 3 is 2.75 bits per heavy atom. The standard InChI is InChI=1S/C13H18N2O4.ClH/c1-18-9-3-2-4-10(5-9)19-11-6-15(7-11)13(17)12(14)8-16;/h2-5,11-12,16H,6-8,14H2,1H3;1H/t12-;/m0./s1. The van der Waals surface area contributed by atoms with Crippen LogP contribution in [0.3, 0.4) is 0 Å². The first-order valence-corrected chi connectivity index (χ1v) is 6.10. The Balaban J connectivity index is 0.00000200. The number of carbonyl (C=O) groups excluding carboxylic acids is 1. The summed E-state index contributed by atoms with van der Waals surface area (Å²) in [5.74, 6) is 1.20. The molecular weight excluding hydrogens is 284 g/mol. The largest absolute Gasteiger partial charge is 0.497 e. The Hall–Kier alpha value is -1.50. The second kappa shape index (κ2) is 7.33. The molecule has 0 unspecified atom stereocenters. The van der Waals surface area contributed by atoms with Crippen LogP contribution in [0.4, 0.5) is 0 Å². The van der Waals surface area contributed by atoms with Gasteiger partial charge in [0, 0.05) is 6.07 Å². The van der Waals surface area contributed by atoms with Gasteiger partial charge >= 0.3 is 0 Å². The number of carbonyl (C=O) groups is 1. The van der Waals surface area contributed by atoms with E-state index in [9.17, 15) is 4.79 Å². The summed E-state index contributed by atoms with van der Waals surface area (Å²) in [6, 6.07) is 6.48. The van der Waals surface area contributed by atoms with Crippen molar-refractivity contribution in [3.05, 3.63) is 24.3 Å². The summed E-state index contributed by atoms with van der Waals surface area (Å²) in [4.78, 5) is 13.2. The first-order chi connectivity index (χ1) is 9.13. The number of hydrogen-bond donors (Lipinski definition) is 2. The lowest BCUT2D eigenvalue weighted by Gasteiger charge is -2.40. The molecule has 0 radical (unpaired) electrons. The maximum Gasteiger partial charge on any atom is 0.242 e. The number of aliphatic hydroxyl groups excluding tert-OH is 1. The summed E-state index contributed by atoms with van der Waals surface area (Å²) < 4.78 is 10.8. The van der Waals surface area contributed by atoms with Gasteiger partial charge in [0.2, 0.25) is 5.91 Å². The van der Waals surface area contributed by atoms with Crippen molar-refractivity contribution < 1.29 is 19.4 Å². The van der Waals surface area contributed by atoms with E-state index in [1.165, 1.54) is 0 Å². The van der Waals surface area contributed by atoms with E-state index in [4.69, 9.17) is 20.3 Å². The smallest absolute Gasteiger partial charge is 0.242 e. The number of ether oxygens (including phenoxy) is 2. The quantitative estimate of drug-likeness (QED) is 0.801. The molecule has 1 amide bonds. The van der Waals surface area contributed by atoms with Gasteiger partial charge in [-0.3, -0.25) is 4.79 Å². The third-order valence-electron chi connectivity index (χ3n) is 3.02. The zero-order valence-electron chi connectivity index (χ0n) is 11.2. The van der Waals surface area contributed by atoms with Gasteiger partial charge < -0.3 is 25.2 Å². The van der Waals surface area contributed by atoms with Gasteiger partial charge in [-0.2, -0.15) is 0 Å². The van der Waals surface area contributed by atoms with Gasteiger partial charge in [0.05, 0.1) is 26.8 Å². The highest BCUT2D eigenvalue weighted by molar-refractivity contribution is 5.85. The van der Waals surface area contributed by atoms with E-state index in [2.05, 4.69) is 0 Å². The van der Waals surface area contributed by atoms with Crippen LogP contribution in [-0.4, -0.2) is 54.9 Å². The van der Waals surface area contributed by atoms with Gasteiger partial charge in [0.25, 0.3) is 0 Å². The number of nitrogens with zero attached hydrogens (tertiary/aromatic N) is 1. The average Bonchev–Trinajstić information content (AvgIpc) is 2.41. The second-order valence-electron chi connectivity index (χ2n) is 4.45. The molecule has 0 saturated carbocycles. The van der Waals surface area contributed by atoms with E-state index in [0.29, 0.717) is 18.8 Å². The number of nitrogens with two attached hydrogens (primary N) is 1. The topological polar surface area (TPSA) is 85.0 Å². The van der Waals surface area contributed by atoms with Gasteiger partial charge in [0.1, 0.15) is 23.6 Å². The van der Waals surface area contributed by atoms with Crippen molar-refractivity contribution in [2.45, 2.75) is 12.1 Å². The van der Waals surface area contributed by atoms with Crippen LogP contribution in [0, 0.1) is 0 Å². The van der Waals surface area contributed by atoms with Gasteiger partial charge in [-0.05, 0) is 12.1 Å². The molecule has 1 aromatic carbocycles. The molecule has 6 nitrogen and oxygen atoms in total. The molecule has 0 aromatic heterocycles.